The zero-order valence-corrected chi connectivity index (χ0v) is 12.8. The number of carboxylic acid groups (broad SMARTS) is 1. The van der Waals surface area contributed by atoms with Crippen LogP contribution in [0.4, 0.5) is 11.5 Å². The molecule has 3 rings (SSSR count). The van der Waals surface area contributed by atoms with Gasteiger partial charge in [0.15, 0.2) is 5.82 Å². The molecule has 0 amide bonds. The Morgan fingerprint density at radius 3 is 2.70 bits per heavy atom. The van der Waals surface area contributed by atoms with Crippen LogP contribution in [0.1, 0.15) is 21.6 Å². The fourth-order valence-corrected chi connectivity index (χ4v) is 2.37. The van der Waals surface area contributed by atoms with Crippen molar-refractivity contribution in [1.82, 2.24) is 14.8 Å². The molecular formula is C17H16N4O2. The fraction of sp³-hybridized carbons (Fsp3) is 0.118. The quantitative estimate of drug-likeness (QED) is 0.773. The number of anilines is 2. The molecular weight excluding hydrogens is 292 g/mol. The average Bonchev–Trinajstić information content (AvgIpc) is 2.88. The van der Waals surface area contributed by atoms with Gasteiger partial charge in [0.05, 0.1) is 16.9 Å². The van der Waals surface area contributed by atoms with Crippen molar-refractivity contribution in [2.24, 2.45) is 0 Å². The Labute approximate surface area is 133 Å². The maximum Gasteiger partial charge on any atom is 0.337 e. The van der Waals surface area contributed by atoms with Gasteiger partial charge in [0, 0.05) is 12.3 Å². The zero-order valence-electron chi connectivity index (χ0n) is 12.8. The van der Waals surface area contributed by atoms with Gasteiger partial charge in [-0.15, -0.1) is 0 Å². The second-order valence-electron chi connectivity index (χ2n) is 5.20. The van der Waals surface area contributed by atoms with Crippen LogP contribution in [0.2, 0.25) is 0 Å². The molecule has 6 nitrogen and oxygen atoms in total. The van der Waals surface area contributed by atoms with Crippen LogP contribution in [0.15, 0.2) is 48.7 Å². The molecule has 0 radical (unpaired) electrons. The molecule has 0 saturated heterocycles. The maximum atomic E-state index is 11.4. The second-order valence-corrected chi connectivity index (χ2v) is 5.20. The van der Waals surface area contributed by atoms with E-state index in [0.717, 1.165) is 11.3 Å². The standard InChI is InChI=1S/C17H16N4O2/c1-11-6-5-9-18-16(11)21-15(10-12(2)20-21)19-14-8-4-3-7-13(14)17(22)23/h3-10,19H,1-2H3,(H,22,23). The van der Waals surface area contributed by atoms with Crippen LogP contribution in [0.5, 0.6) is 0 Å². The van der Waals surface area contributed by atoms with Gasteiger partial charge in [-0.2, -0.15) is 9.78 Å². The van der Waals surface area contributed by atoms with Crippen molar-refractivity contribution in [3.8, 4) is 5.82 Å². The summed E-state index contributed by atoms with van der Waals surface area (Å²) in [5.74, 6) is 0.388. The summed E-state index contributed by atoms with van der Waals surface area (Å²) in [5.41, 5.74) is 2.50. The third kappa shape index (κ3) is 2.91. The summed E-state index contributed by atoms with van der Waals surface area (Å²) in [4.78, 5) is 15.7. The van der Waals surface area contributed by atoms with Crippen LogP contribution in [0, 0.1) is 13.8 Å². The van der Waals surface area contributed by atoms with Crippen molar-refractivity contribution in [3.63, 3.8) is 0 Å². The summed E-state index contributed by atoms with van der Waals surface area (Å²) in [7, 11) is 0. The lowest BCUT2D eigenvalue weighted by atomic mass is 10.2. The topological polar surface area (TPSA) is 80.0 Å². The van der Waals surface area contributed by atoms with E-state index in [2.05, 4.69) is 15.4 Å². The van der Waals surface area contributed by atoms with Gasteiger partial charge in [0.1, 0.15) is 5.82 Å². The van der Waals surface area contributed by atoms with Crippen molar-refractivity contribution in [1.29, 1.82) is 0 Å². The largest absolute Gasteiger partial charge is 0.478 e. The number of aromatic nitrogens is 3. The monoisotopic (exact) mass is 308 g/mol. The summed E-state index contributed by atoms with van der Waals surface area (Å²) < 4.78 is 1.68. The molecule has 0 fully saturated rings. The molecule has 0 unspecified atom stereocenters. The highest BCUT2D eigenvalue weighted by Crippen LogP contribution is 2.24. The fourth-order valence-electron chi connectivity index (χ4n) is 2.37. The highest BCUT2D eigenvalue weighted by molar-refractivity contribution is 5.95. The number of nitrogens with zero attached hydrogens (tertiary/aromatic N) is 3. The molecule has 2 heterocycles. The Balaban J connectivity index is 2.06. The molecule has 0 aliphatic carbocycles. The maximum absolute atomic E-state index is 11.4. The number of nitrogens with one attached hydrogen (secondary N) is 1. The van der Waals surface area contributed by atoms with E-state index in [-0.39, 0.29) is 5.56 Å². The molecule has 2 aromatic heterocycles. The molecule has 0 aliphatic heterocycles. The molecule has 2 N–H and O–H groups in total. The van der Waals surface area contributed by atoms with Crippen LogP contribution in [-0.2, 0) is 0 Å². The minimum Gasteiger partial charge on any atom is -0.478 e. The van der Waals surface area contributed by atoms with Gasteiger partial charge in [-0.3, -0.25) is 0 Å². The van der Waals surface area contributed by atoms with Gasteiger partial charge in [-0.1, -0.05) is 18.2 Å². The van der Waals surface area contributed by atoms with E-state index in [0.29, 0.717) is 17.3 Å². The average molecular weight is 308 g/mol. The van der Waals surface area contributed by atoms with E-state index in [4.69, 9.17) is 0 Å². The van der Waals surface area contributed by atoms with E-state index in [1.807, 2.05) is 32.0 Å². The lowest BCUT2D eigenvalue weighted by Gasteiger charge is -2.12. The molecule has 0 bridgehead atoms. The van der Waals surface area contributed by atoms with E-state index in [1.165, 1.54) is 0 Å². The Morgan fingerprint density at radius 2 is 1.96 bits per heavy atom. The highest BCUT2D eigenvalue weighted by Gasteiger charge is 2.14. The predicted octanol–water partition coefficient (Wildman–Crippen LogP) is 3.33. The number of carbonyl (C=O) groups is 1. The van der Waals surface area contributed by atoms with Crippen molar-refractivity contribution < 1.29 is 9.90 Å². The van der Waals surface area contributed by atoms with Gasteiger partial charge < -0.3 is 10.4 Å². The number of pyridine rings is 1. The van der Waals surface area contributed by atoms with Crippen LogP contribution in [0.25, 0.3) is 5.82 Å². The van der Waals surface area contributed by atoms with Crippen molar-refractivity contribution in [3.05, 3.63) is 65.5 Å². The van der Waals surface area contributed by atoms with Crippen molar-refractivity contribution in [2.75, 3.05) is 5.32 Å². The lowest BCUT2D eigenvalue weighted by Crippen LogP contribution is -2.08. The Hall–Kier alpha value is -3.15. The third-order valence-corrected chi connectivity index (χ3v) is 3.43. The molecule has 6 heteroatoms. The molecule has 23 heavy (non-hydrogen) atoms. The summed E-state index contributed by atoms with van der Waals surface area (Å²) in [6.07, 6.45) is 1.70. The number of rotatable bonds is 4. The summed E-state index contributed by atoms with van der Waals surface area (Å²) in [6.45, 7) is 3.83. The summed E-state index contributed by atoms with van der Waals surface area (Å²) >= 11 is 0. The molecule has 0 spiro atoms. The SMILES string of the molecule is Cc1cc(Nc2ccccc2C(=O)O)n(-c2ncccc2C)n1. The number of hydrogen-bond acceptors (Lipinski definition) is 4. The Bertz CT molecular complexity index is 871. The van der Waals surface area contributed by atoms with Gasteiger partial charge in [0.25, 0.3) is 0 Å². The first-order chi connectivity index (χ1) is 11.1. The van der Waals surface area contributed by atoms with Crippen LogP contribution < -0.4 is 5.32 Å². The number of carboxylic acids is 1. The third-order valence-electron chi connectivity index (χ3n) is 3.43. The van der Waals surface area contributed by atoms with E-state index in [9.17, 15) is 9.90 Å². The lowest BCUT2D eigenvalue weighted by molar-refractivity contribution is 0.0698. The van der Waals surface area contributed by atoms with Crippen molar-refractivity contribution >= 4 is 17.5 Å². The summed E-state index contributed by atoms with van der Waals surface area (Å²) in [6, 6.07) is 12.4. The predicted molar refractivity (Wildman–Crippen MR) is 87.5 cm³/mol. The van der Waals surface area contributed by atoms with Crippen LogP contribution in [-0.4, -0.2) is 25.8 Å². The normalized spacial score (nSPS) is 10.5. The Morgan fingerprint density at radius 1 is 1.17 bits per heavy atom. The molecule has 0 aliphatic rings. The number of aryl methyl sites for hydroxylation is 2. The highest BCUT2D eigenvalue weighted by atomic mass is 16.4. The minimum atomic E-state index is -0.982. The first-order valence-corrected chi connectivity index (χ1v) is 7.14. The van der Waals surface area contributed by atoms with Gasteiger partial charge in [-0.25, -0.2) is 9.78 Å². The molecule has 116 valence electrons. The van der Waals surface area contributed by atoms with Gasteiger partial charge >= 0.3 is 5.97 Å². The van der Waals surface area contributed by atoms with Gasteiger partial charge in [-0.05, 0) is 37.6 Å². The van der Waals surface area contributed by atoms with E-state index in [1.54, 1.807) is 35.1 Å². The number of benzene rings is 1. The number of aromatic carboxylic acids is 1. The van der Waals surface area contributed by atoms with E-state index < -0.39 is 5.97 Å². The number of hydrogen-bond donors (Lipinski definition) is 2. The molecule has 0 saturated carbocycles. The van der Waals surface area contributed by atoms with Gasteiger partial charge in [0.2, 0.25) is 0 Å². The van der Waals surface area contributed by atoms with Crippen LogP contribution in [0.3, 0.4) is 0 Å². The smallest absolute Gasteiger partial charge is 0.337 e. The second kappa shape index (κ2) is 5.92. The molecule has 1 aromatic carbocycles. The number of para-hydroxylation sites is 1. The van der Waals surface area contributed by atoms with E-state index >= 15 is 0 Å². The Kier molecular flexibility index (Phi) is 3.80. The van der Waals surface area contributed by atoms with Crippen LogP contribution >= 0.6 is 0 Å². The summed E-state index contributed by atoms with van der Waals surface area (Å²) in [5, 5.41) is 16.9. The van der Waals surface area contributed by atoms with Crippen molar-refractivity contribution in [2.45, 2.75) is 13.8 Å². The first-order valence-electron chi connectivity index (χ1n) is 7.14. The zero-order chi connectivity index (χ0) is 16.4. The molecule has 0 atom stereocenters. The first kappa shape index (κ1) is 14.8. The molecule has 3 aromatic rings. The minimum absolute atomic E-state index is 0.204.